The van der Waals surface area contributed by atoms with Gasteiger partial charge in [0.15, 0.2) is 0 Å². The molecule has 1 heterocycles. The predicted molar refractivity (Wildman–Crippen MR) is 105 cm³/mol. The van der Waals surface area contributed by atoms with Gasteiger partial charge in [0.25, 0.3) is 0 Å². The highest BCUT2D eigenvalue weighted by molar-refractivity contribution is 5.82. The number of alkyl carbamates (subject to hydrolysis) is 1. The Morgan fingerprint density at radius 3 is 2.59 bits per heavy atom. The molecule has 1 atom stereocenters. The summed E-state index contributed by atoms with van der Waals surface area (Å²) in [6.07, 6.45) is 5.57. The van der Waals surface area contributed by atoms with E-state index < -0.39 is 5.60 Å². The molecule has 1 N–H and O–H groups in total. The number of amides is 1. The van der Waals surface area contributed by atoms with Gasteiger partial charge in [-0.15, -0.1) is 0 Å². The Labute approximate surface area is 160 Å². The zero-order valence-corrected chi connectivity index (χ0v) is 16.6. The number of aromatic nitrogens is 1. The molecular weight excluding hydrogens is 343 g/mol. The molecular formula is C22H29FN2O2. The number of benzene rings is 1. The third-order valence-electron chi connectivity index (χ3n) is 5.40. The van der Waals surface area contributed by atoms with Crippen LogP contribution < -0.4 is 5.32 Å². The summed E-state index contributed by atoms with van der Waals surface area (Å²) in [6, 6.07) is 6.89. The average molecular weight is 372 g/mol. The molecule has 1 aromatic carbocycles. The molecule has 1 aliphatic carbocycles. The maximum absolute atomic E-state index is 13.7. The predicted octanol–water partition coefficient (Wildman–Crippen LogP) is 5.56. The third-order valence-corrected chi connectivity index (χ3v) is 5.40. The van der Waals surface area contributed by atoms with Crippen molar-refractivity contribution in [2.75, 3.05) is 0 Å². The van der Waals surface area contributed by atoms with Gasteiger partial charge in [0.1, 0.15) is 11.4 Å². The van der Waals surface area contributed by atoms with Crippen LogP contribution in [-0.2, 0) is 4.74 Å². The lowest BCUT2D eigenvalue weighted by Gasteiger charge is -2.33. The molecule has 0 spiro atoms. The molecule has 146 valence electrons. The molecule has 0 unspecified atom stereocenters. The third kappa shape index (κ3) is 4.96. The first-order valence-corrected chi connectivity index (χ1v) is 9.76. The zero-order chi connectivity index (χ0) is 19.6. The summed E-state index contributed by atoms with van der Waals surface area (Å²) in [5, 5.41) is 3.89. The Hall–Kier alpha value is -2.17. The van der Waals surface area contributed by atoms with Crippen LogP contribution in [0.5, 0.6) is 0 Å². The van der Waals surface area contributed by atoms with Crippen LogP contribution in [0.4, 0.5) is 9.18 Å². The molecule has 1 saturated carbocycles. The number of carbonyl (C=O) groups excluding carboxylic acids is 1. The van der Waals surface area contributed by atoms with E-state index in [1.165, 1.54) is 11.6 Å². The number of nitrogens with one attached hydrogen (secondary N) is 1. The van der Waals surface area contributed by atoms with Crippen molar-refractivity contribution >= 4 is 17.0 Å². The average Bonchev–Trinajstić information content (AvgIpc) is 2.59. The maximum Gasteiger partial charge on any atom is 0.407 e. The van der Waals surface area contributed by atoms with Crippen LogP contribution in [-0.4, -0.2) is 22.7 Å². The molecule has 4 nitrogen and oxygen atoms in total. The van der Waals surface area contributed by atoms with Gasteiger partial charge in [-0.2, -0.15) is 0 Å². The summed E-state index contributed by atoms with van der Waals surface area (Å²) in [6.45, 7) is 7.64. The molecule has 0 radical (unpaired) electrons. The molecule has 1 fully saturated rings. The number of hydrogen-bond acceptors (Lipinski definition) is 3. The number of hydrogen-bond donors (Lipinski definition) is 1. The van der Waals surface area contributed by atoms with E-state index in [1.807, 2.05) is 40.0 Å². The van der Waals surface area contributed by atoms with Gasteiger partial charge in [-0.1, -0.05) is 0 Å². The number of halogens is 1. The van der Waals surface area contributed by atoms with E-state index in [0.717, 1.165) is 36.6 Å². The van der Waals surface area contributed by atoms with E-state index in [4.69, 9.17) is 4.74 Å². The monoisotopic (exact) mass is 372 g/mol. The first-order valence-electron chi connectivity index (χ1n) is 9.76. The minimum atomic E-state index is -0.487. The van der Waals surface area contributed by atoms with Crippen molar-refractivity contribution in [2.45, 2.75) is 70.9 Å². The van der Waals surface area contributed by atoms with Gasteiger partial charge in [-0.05, 0) is 95.0 Å². The summed E-state index contributed by atoms with van der Waals surface area (Å²) < 4.78 is 19.1. The Kier molecular flexibility index (Phi) is 5.68. The molecule has 1 aromatic heterocycles. The molecule has 27 heavy (non-hydrogen) atoms. The summed E-state index contributed by atoms with van der Waals surface area (Å²) in [5.74, 6) is 0.613. The summed E-state index contributed by atoms with van der Waals surface area (Å²) in [5.41, 5.74) is 1.54. The highest BCUT2D eigenvalue weighted by atomic mass is 19.1. The van der Waals surface area contributed by atoms with E-state index in [2.05, 4.69) is 10.3 Å². The molecule has 2 aromatic rings. The minimum Gasteiger partial charge on any atom is -0.444 e. The first kappa shape index (κ1) is 19.6. The highest BCUT2D eigenvalue weighted by Crippen LogP contribution is 2.39. The van der Waals surface area contributed by atoms with Crippen LogP contribution >= 0.6 is 0 Å². The molecule has 5 heteroatoms. The van der Waals surface area contributed by atoms with E-state index in [-0.39, 0.29) is 18.0 Å². The van der Waals surface area contributed by atoms with Crippen molar-refractivity contribution in [1.29, 1.82) is 0 Å². The number of nitrogens with zero attached hydrogens (tertiary/aromatic N) is 1. The van der Waals surface area contributed by atoms with Gasteiger partial charge in [0.2, 0.25) is 0 Å². The SMILES string of the molecule is C[C@H](NC(=O)OC(C)(C)C)C1CCC(c2ccnc3ccc(F)cc23)CC1. The summed E-state index contributed by atoms with van der Waals surface area (Å²) in [7, 11) is 0. The fourth-order valence-corrected chi connectivity index (χ4v) is 4.04. The van der Waals surface area contributed by atoms with E-state index in [0.29, 0.717) is 11.8 Å². The van der Waals surface area contributed by atoms with E-state index in [9.17, 15) is 9.18 Å². The Balaban J connectivity index is 1.62. The largest absolute Gasteiger partial charge is 0.444 e. The Morgan fingerprint density at radius 2 is 1.93 bits per heavy atom. The molecule has 0 bridgehead atoms. The van der Waals surface area contributed by atoms with Crippen LogP contribution in [0.1, 0.15) is 64.9 Å². The van der Waals surface area contributed by atoms with Gasteiger partial charge in [-0.25, -0.2) is 9.18 Å². The summed E-state index contributed by atoms with van der Waals surface area (Å²) >= 11 is 0. The van der Waals surface area contributed by atoms with Crippen LogP contribution in [0.25, 0.3) is 10.9 Å². The standard InChI is InChI=1S/C22H29FN2O2/c1-14(25-21(26)27-22(2,3)4)15-5-7-16(8-6-15)18-11-12-24-20-10-9-17(23)13-19(18)20/h9-16H,5-8H2,1-4H3,(H,25,26)/t14-,15?,16?/m0/s1. The van der Waals surface area contributed by atoms with E-state index >= 15 is 0 Å². The summed E-state index contributed by atoms with van der Waals surface area (Å²) in [4.78, 5) is 16.4. The highest BCUT2D eigenvalue weighted by Gasteiger charge is 2.28. The number of fused-ring (bicyclic) bond motifs is 1. The fourth-order valence-electron chi connectivity index (χ4n) is 4.04. The number of carbonyl (C=O) groups is 1. The van der Waals surface area contributed by atoms with Crippen LogP contribution in [0.3, 0.4) is 0 Å². The van der Waals surface area contributed by atoms with E-state index in [1.54, 1.807) is 12.1 Å². The molecule has 1 aliphatic rings. The van der Waals surface area contributed by atoms with Crippen LogP contribution in [0, 0.1) is 11.7 Å². The molecule has 0 saturated heterocycles. The minimum absolute atomic E-state index is 0.0763. The quantitative estimate of drug-likeness (QED) is 0.767. The van der Waals surface area contributed by atoms with Crippen molar-refractivity contribution in [2.24, 2.45) is 5.92 Å². The van der Waals surface area contributed by atoms with Crippen molar-refractivity contribution in [3.8, 4) is 0 Å². The number of ether oxygens (including phenoxy) is 1. The number of rotatable bonds is 3. The van der Waals surface area contributed by atoms with Crippen molar-refractivity contribution in [3.05, 3.63) is 41.8 Å². The lowest BCUT2D eigenvalue weighted by Crippen LogP contribution is -2.42. The molecule has 0 aliphatic heterocycles. The van der Waals surface area contributed by atoms with Crippen molar-refractivity contribution < 1.29 is 13.9 Å². The number of pyridine rings is 1. The molecule has 3 rings (SSSR count). The van der Waals surface area contributed by atoms with Gasteiger partial charge in [-0.3, -0.25) is 4.98 Å². The first-order chi connectivity index (χ1) is 12.7. The second-order valence-corrected chi connectivity index (χ2v) is 8.61. The lowest BCUT2D eigenvalue weighted by atomic mass is 9.75. The van der Waals surface area contributed by atoms with Gasteiger partial charge in [0, 0.05) is 17.6 Å². The Morgan fingerprint density at radius 1 is 1.22 bits per heavy atom. The fraction of sp³-hybridized carbons (Fsp3) is 0.545. The molecule has 1 amide bonds. The van der Waals surface area contributed by atoms with Crippen LogP contribution in [0.15, 0.2) is 30.5 Å². The topological polar surface area (TPSA) is 51.2 Å². The van der Waals surface area contributed by atoms with Gasteiger partial charge >= 0.3 is 6.09 Å². The Bertz CT molecular complexity index is 808. The zero-order valence-electron chi connectivity index (χ0n) is 16.6. The van der Waals surface area contributed by atoms with Crippen molar-refractivity contribution in [3.63, 3.8) is 0 Å². The maximum atomic E-state index is 13.7. The normalized spacial score (nSPS) is 21.7. The lowest BCUT2D eigenvalue weighted by molar-refractivity contribution is 0.0483. The van der Waals surface area contributed by atoms with Crippen LogP contribution in [0.2, 0.25) is 0 Å². The van der Waals surface area contributed by atoms with Gasteiger partial charge in [0.05, 0.1) is 5.52 Å². The second kappa shape index (κ2) is 7.83. The van der Waals surface area contributed by atoms with Crippen molar-refractivity contribution in [1.82, 2.24) is 10.3 Å². The second-order valence-electron chi connectivity index (χ2n) is 8.61. The van der Waals surface area contributed by atoms with Gasteiger partial charge < -0.3 is 10.1 Å². The smallest absolute Gasteiger partial charge is 0.407 e.